The largest absolute Gasteiger partial charge is 0.465 e. The highest BCUT2D eigenvalue weighted by molar-refractivity contribution is 7.89. The number of aryl methyl sites for hydroxylation is 2. The fraction of sp³-hybridized carbons (Fsp3) is 0.643. The summed E-state index contributed by atoms with van der Waals surface area (Å²) >= 11 is 0. The summed E-state index contributed by atoms with van der Waals surface area (Å²) in [5.41, 5.74) is 5.84. The number of carbonyl (C=O) groups is 1. The van der Waals surface area contributed by atoms with Crippen LogP contribution < -0.4 is 5.73 Å². The molecule has 1 fully saturated rings. The summed E-state index contributed by atoms with van der Waals surface area (Å²) < 4.78 is 37.2. The topological polar surface area (TPSA) is 103 Å². The zero-order chi connectivity index (χ0) is 16.7. The molecular formula is C14H22N2O5S. The standard InChI is InChI=1S/C14H22N2O5S/c1-8(15)11-5-6-16(7-11)22(18,19)13-10(3)21-9(2)12(13)14(17)20-4/h8,11H,5-7,15H2,1-4H3. The molecule has 1 aliphatic heterocycles. The van der Waals surface area contributed by atoms with Crippen LogP contribution in [0.3, 0.4) is 0 Å². The lowest BCUT2D eigenvalue weighted by molar-refractivity contribution is 0.0594. The third kappa shape index (κ3) is 2.78. The van der Waals surface area contributed by atoms with Gasteiger partial charge in [-0.3, -0.25) is 0 Å². The molecule has 124 valence electrons. The van der Waals surface area contributed by atoms with Gasteiger partial charge in [0.25, 0.3) is 0 Å². The predicted octanol–water partition coefficient (Wildman–Crippen LogP) is 1.04. The van der Waals surface area contributed by atoms with E-state index < -0.39 is 16.0 Å². The van der Waals surface area contributed by atoms with Gasteiger partial charge in [0.1, 0.15) is 22.0 Å². The van der Waals surface area contributed by atoms with Crippen LogP contribution in [0.5, 0.6) is 0 Å². The number of hydrogen-bond acceptors (Lipinski definition) is 6. The molecule has 0 bridgehead atoms. The molecule has 0 aliphatic carbocycles. The van der Waals surface area contributed by atoms with Crippen molar-refractivity contribution in [1.29, 1.82) is 0 Å². The second kappa shape index (κ2) is 6.02. The van der Waals surface area contributed by atoms with Crippen LogP contribution in [-0.2, 0) is 14.8 Å². The molecule has 0 spiro atoms. The van der Waals surface area contributed by atoms with Crippen LogP contribution in [0.2, 0.25) is 0 Å². The Morgan fingerprint density at radius 1 is 1.41 bits per heavy atom. The number of methoxy groups -OCH3 is 1. The average molecular weight is 330 g/mol. The zero-order valence-corrected chi connectivity index (χ0v) is 14.1. The summed E-state index contributed by atoms with van der Waals surface area (Å²) in [6.45, 7) is 5.69. The lowest BCUT2D eigenvalue weighted by atomic mass is 10.0. The van der Waals surface area contributed by atoms with E-state index in [9.17, 15) is 13.2 Å². The number of esters is 1. The molecule has 2 N–H and O–H groups in total. The van der Waals surface area contributed by atoms with Crippen LogP contribution in [0.25, 0.3) is 0 Å². The molecule has 1 aromatic heterocycles. The first-order chi connectivity index (χ1) is 10.2. The SMILES string of the molecule is COC(=O)c1c(C)oc(C)c1S(=O)(=O)N1CCC(C(C)N)C1. The van der Waals surface area contributed by atoms with Crippen LogP contribution in [0.15, 0.2) is 9.31 Å². The molecule has 2 heterocycles. The molecule has 2 atom stereocenters. The van der Waals surface area contributed by atoms with Gasteiger partial charge in [0.15, 0.2) is 0 Å². The minimum absolute atomic E-state index is 0.0238. The first-order valence-electron chi connectivity index (χ1n) is 7.14. The smallest absolute Gasteiger partial charge is 0.342 e. The van der Waals surface area contributed by atoms with Crippen LogP contribution in [-0.4, -0.2) is 44.9 Å². The van der Waals surface area contributed by atoms with E-state index in [0.29, 0.717) is 19.5 Å². The molecule has 2 rings (SSSR count). The maximum atomic E-state index is 12.9. The second-order valence-corrected chi connectivity index (χ2v) is 7.56. The van der Waals surface area contributed by atoms with E-state index in [-0.39, 0.29) is 33.9 Å². The van der Waals surface area contributed by atoms with Crippen molar-refractivity contribution in [1.82, 2.24) is 4.31 Å². The molecule has 0 amide bonds. The van der Waals surface area contributed by atoms with Gasteiger partial charge in [0.2, 0.25) is 10.0 Å². The Morgan fingerprint density at radius 3 is 2.55 bits per heavy atom. The van der Waals surface area contributed by atoms with Crippen molar-refractivity contribution >= 4 is 16.0 Å². The van der Waals surface area contributed by atoms with E-state index in [2.05, 4.69) is 4.74 Å². The van der Waals surface area contributed by atoms with E-state index in [1.54, 1.807) is 6.92 Å². The molecule has 0 radical (unpaired) electrons. The van der Waals surface area contributed by atoms with Crippen LogP contribution >= 0.6 is 0 Å². The fourth-order valence-electron chi connectivity index (χ4n) is 2.84. The molecule has 1 aliphatic rings. The highest BCUT2D eigenvalue weighted by Gasteiger charge is 2.39. The Kier molecular flexibility index (Phi) is 4.65. The number of nitrogens with two attached hydrogens (primary N) is 1. The zero-order valence-electron chi connectivity index (χ0n) is 13.3. The summed E-state index contributed by atoms with van der Waals surface area (Å²) in [4.78, 5) is 11.8. The van der Waals surface area contributed by atoms with E-state index in [4.69, 9.17) is 10.2 Å². The lowest BCUT2D eigenvalue weighted by Gasteiger charge is -2.18. The molecule has 1 aromatic rings. The Labute approximate surface area is 130 Å². The molecule has 2 unspecified atom stereocenters. The Bertz CT molecular complexity index is 678. The molecular weight excluding hydrogens is 308 g/mol. The molecule has 1 saturated heterocycles. The van der Waals surface area contributed by atoms with Gasteiger partial charge in [-0.1, -0.05) is 0 Å². The summed E-state index contributed by atoms with van der Waals surface area (Å²) in [6.07, 6.45) is 0.709. The number of ether oxygens (including phenoxy) is 1. The van der Waals surface area contributed by atoms with E-state index >= 15 is 0 Å². The average Bonchev–Trinajstić information content (AvgIpc) is 3.03. The molecule has 0 aromatic carbocycles. The fourth-order valence-corrected chi connectivity index (χ4v) is 4.72. The highest BCUT2D eigenvalue weighted by atomic mass is 32.2. The lowest BCUT2D eigenvalue weighted by Crippen LogP contribution is -2.33. The summed E-state index contributed by atoms with van der Waals surface area (Å²) in [5.74, 6) is -0.159. The predicted molar refractivity (Wildman–Crippen MR) is 80.0 cm³/mol. The monoisotopic (exact) mass is 330 g/mol. The quantitative estimate of drug-likeness (QED) is 0.828. The Morgan fingerprint density at radius 2 is 2.05 bits per heavy atom. The first-order valence-corrected chi connectivity index (χ1v) is 8.58. The van der Waals surface area contributed by atoms with Crippen molar-refractivity contribution in [2.75, 3.05) is 20.2 Å². The van der Waals surface area contributed by atoms with Gasteiger partial charge in [-0.25, -0.2) is 13.2 Å². The number of nitrogens with zero attached hydrogens (tertiary/aromatic N) is 1. The van der Waals surface area contributed by atoms with Crippen molar-refractivity contribution in [3.63, 3.8) is 0 Å². The number of rotatable bonds is 4. The number of sulfonamides is 1. The van der Waals surface area contributed by atoms with E-state index in [0.717, 1.165) is 0 Å². The maximum absolute atomic E-state index is 12.9. The van der Waals surface area contributed by atoms with Crippen LogP contribution in [0.4, 0.5) is 0 Å². The van der Waals surface area contributed by atoms with Crippen LogP contribution in [0.1, 0.15) is 35.2 Å². The van der Waals surface area contributed by atoms with Crippen LogP contribution in [0, 0.1) is 19.8 Å². The van der Waals surface area contributed by atoms with Gasteiger partial charge in [-0.15, -0.1) is 0 Å². The van der Waals surface area contributed by atoms with Crippen molar-refractivity contribution < 1.29 is 22.4 Å². The molecule has 7 nitrogen and oxygen atoms in total. The number of carbonyl (C=O) groups excluding carboxylic acids is 1. The minimum Gasteiger partial charge on any atom is -0.465 e. The van der Waals surface area contributed by atoms with Gasteiger partial charge < -0.3 is 14.9 Å². The van der Waals surface area contributed by atoms with E-state index in [1.807, 2.05) is 6.92 Å². The first kappa shape index (κ1) is 17.0. The third-order valence-electron chi connectivity index (χ3n) is 4.12. The second-order valence-electron chi connectivity index (χ2n) is 5.68. The third-order valence-corrected chi connectivity index (χ3v) is 6.14. The van der Waals surface area contributed by atoms with Gasteiger partial charge in [-0.2, -0.15) is 4.31 Å². The Balaban J connectivity index is 2.45. The normalized spacial score (nSPS) is 21.0. The minimum atomic E-state index is -3.82. The summed E-state index contributed by atoms with van der Waals surface area (Å²) in [6, 6.07) is -0.0764. The van der Waals surface area contributed by atoms with Gasteiger partial charge in [0.05, 0.1) is 7.11 Å². The number of furan rings is 1. The van der Waals surface area contributed by atoms with Crippen molar-refractivity contribution in [2.24, 2.45) is 11.7 Å². The highest BCUT2D eigenvalue weighted by Crippen LogP contribution is 2.32. The maximum Gasteiger partial charge on any atom is 0.342 e. The molecule has 0 saturated carbocycles. The van der Waals surface area contributed by atoms with Gasteiger partial charge >= 0.3 is 5.97 Å². The van der Waals surface area contributed by atoms with Crippen molar-refractivity contribution in [3.05, 3.63) is 17.1 Å². The van der Waals surface area contributed by atoms with Gasteiger partial charge in [0, 0.05) is 19.1 Å². The summed E-state index contributed by atoms with van der Waals surface area (Å²) in [5, 5.41) is 0. The molecule has 22 heavy (non-hydrogen) atoms. The van der Waals surface area contributed by atoms with E-state index in [1.165, 1.54) is 18.3 Å². The van der Waals surface area contributed by atoms with Crippen molar-refractivity contribution in [3.8, 4) is 0 Å². The van der Waals surface area contributed by atoms with Crippen molar-refractivity contribution in [2.45, 2.75) is 38.1 Å². The molecule has 8 heteroatoms. The number of hydrogen-bond donors (Lipinski definition) is 1. The summed E-state index contributed by atoms with van der Waals surface area (Å²) in [7, 11) is -2.61. The van der Waals surface area contributed by atoms with Gasteiger partial charge in [-0.05, 0) is 33.1 Å². The Hall–Kier alpha value is -1.38.